The first-order chi connectivity index (χ1) is 12.0. The van der Waals surface area contributed by atoms with E-state index in [1.54, 1.807) is 0 Å². The SMILES string of the molecule is CC(C)(C(=O)Nc1ccc(N2CCCCC2)cc1)c1ccc(N)cc1. The largest absolute Gasteiger partial charge is 0.399 e. The molecule has 1 aliphatic rings. The Labute approximate surface area is 150 Å². The molecule has 0 radical (unpaired) electrons. The van der Waals surface area contributed by atoms with Gasteiger partial charge in [-0.15, -0.1) is 0 Å². The van der Waals surface area contributed by atoms with E-state index in [9.17, 15) is 4.79 Å². The van der Waals surface area contributed by atoms with Crippen LogP contribution in [0.5, 0.6) is 0 Å². The summed E-state index contributed by atoms with van der Waals surface area (Å²) in [5.74, 6) is -0.0250. The minimum absolute atomic E-state index is 0.0250. The van der Waals surface area contributed by atoms with Crippen molar-refractivity contribution in [3.05, 3.63) is 54.1 Å². The molecule has 4 nitrogen and oxygen atoms in total. The Hall–Kier alpha value is -2.49. The van der Waals surface area contributed by atoms with Crippen LogP contribution in [-0.4, -0.2) is 19.0 Å². The lowest BCUT2D eigenvalue weighted by Crippen LogP contribution is -2.34. The van der Waals surface area contributed by atoms with Gasteiger partial charge in [0.1, 0.15) is 0 Å². The van der Waals surface area contributed by atoms with Crippen LogP contribution in [-0.2, 0) is 10.2 Å². The average molecular weight is 337 g/mol. The molecule has 132 valence electrons. The van der Waals surface area contributed by atoms with Gasteiger partial charge < -0.3 is 16.0 Å². The van der Waals surface area contributed by atoms with Gasteiger partial charge in [-0.25, -0.2) is 0 Å². The number of nitrogens with zero attached hydrogens (tertiary/aromatic N) is 1. The molecule has 1 amide bonds. The molecule has 1 heterocycles. The smallest absolute Gasteiger partial charge is 0.234 e. The summed E-state index contributed by atoms with van der Waals surface area (Å²) in [5, 5.41) is 3.04. The number of piperidine rings is 1. The van der Waals surface area contributed by atoms with E-state index >= 15 is 0 Å². The van der Waals surface area contributed by atoms with Crippen molar-refractivity contribution in [1.82, 2.24) is 0 Å². The van der Waals surface area contributed by atoms with Crippen molar-refractivity contribution in [2.24, 2.45) is 0 Å². The maximum atomic E-state index is 12.8. The van der Waals surface area contributed by atoms with E-state index in [-0.39, 0.29) is 5.91 Å². The molecule has 3 N–H and O–H groups in total. The Kier molecular flexibility index (Phi) is 4.98. The Balaban J connectivity index is 1.68. The van der Waals surface area contributed by atoms with E-state index in [0.29, 0.717) is 5.69 Å². The van der Waals surface area contributed by atoms with Gasteiger partial charge in [0.2, 0.25) is 5.91 Å². The molecule has 0 bridgehead atoms. The molecule has 0 aromatic heterocycles. The van der Waals surface area contributed by atoms with Gasteiger partial charge in [-0.05, 0) is 75.1 Å². The topological polar surface area (TPSA) is 58.4 Å². The van der Waals surface area contributed by atoms with Gasteiger partial charge in [-0.1, -0.05) is 12.1 Å². The summed E-state index contributed by atoms with van der Waals surface area (Å²) in [7, 11) is 0. The van der Waals surface area contributed by atoms with Gasteiger partial charge in [0, 0.05) is 30.2 Å². The van der Waals surface area contributed by atoms with E-state index in [1.807, 2.05) is 50.2 Å². The summed E-state index contributed by atoms with van der Waals surface area (Å²) in [6.45, 7) is 6.09. The monoisotopic (exact) mass is 337 g/mol. The summed E-state index contributed by atoms with van der Waals surface area (Å²) in [5.41, 5.74) is 8.83. The van der Waals surface area contributed by atoms with Crippen molar-refractivity contribution < 1.29 is 4.79 Å². The highest BCUT2D eigenvalue weighted by atomic mass is 16.2. The fraction of sp³-hybridized carbons (Fsp3) is 0.381. The molecule has 1 aliphatic heterocycles. The number of carbonyl (C=O) groups is 1. The lowest BCUT2D eigenvalue weighted by Gasteiger charge is -2.29. The Morgan fingerprint density at radius 3 is 2.16 bits per heavy atom. The summed E-state index contributed by atoms with van der Waals surface area (Å²) >= 11 is 0. The summed E-state index contributed by atoms with van der Waals surface area (Å²) < 4.78 is 0. The average Bonchev–Trinajstić information content (AvgIpc) is 2.63. The number of nitrogens with one attached hydrogen (secondary N) is 1. The number of nitrogens with two attached hydrogens (primary N) is 1. The summed E-state index contributed by atoms with van der Waals surface area (Å²) in [4.78, 5) is 15.2. The molecule has 0 aliphatic carbocycles. The second-order valence-corrected chi connectivity index (χ2v) is 7.30. The molecule has 1 fully saturated rings. The van der Waals surface area contributed by atoms with Crippen LogP contribution in [0, 0.1) is 0 Å². The fourth-order valence-electron chi connectivity index (χ4n) is 3.23. The number of amides is 1. The highest BCUT2D eigenvalue weighted by Gasteiger charge is 2.29. The van der Waals surface area contributed by atoms with Crippen LogP contribution in [0.3, 0.4) is 0 Å². The highest BCUT2D eigenvalue weighted by Crippen LogP contribution is 2.27. The van der Waals surface area contributed by atoms with E-state index in [1.165, 1.54) is 24.9 Å². The number of hydrogen-bond acceptors (Lipinski definition) is 3. The van der Waals surface area contributed by atoms with Crippen LogP contribution in [0.2, 0.25) is 0 Å². The molecule has 2 aromatic rings. The van der Waals surface area contributed by atoms with Gasteiger partial charge in [-0.3, -0.25) is 4.79 Å². The third-order valence-corrected chi connectivity index (χ3v) is 5.05. The van der Waals surface area contributed by atoms with E-state index in [0.717, 1.165) is 24.3 Å². The first-order valence-electron chi connectivity index (χ1n) is 8.99. The molecule has 0 saturated carbocycles. The molecule has 0 spiro atoms. The molecular weight excluding hydrogens is 310 g/mol. The number of carbonyl (C=O) groups excluding carboxylic acids is 1. The zero-order valence-electron chi connectivity index (χ0n) is 15.1. The molecule has 0 atom stereocenters. The standard InChI is InChI=1S/C21H27N3O/c1-21(2,16-6-8-17(22)9-7-16)20(25)23-18-10-12-19(13-11-18)24-14-4-3-5-15-24/h6-13H,3-5,14-15,22H2,1-2H3,(H,23,25). The van der Waals surface area contributed by atoms with Crippen molar-refractivity contribution in [2.45, 2.75) is 38.5 Å². The lowest BCUT2D eigenvalue weighted by molar-refractivity contribution is -0.120. The third kappa shape index (κ3) is 3.95. The zero-order valence-corrected chi connectivity index (χ0v) is 15.1. The maximum Gasteiger partial charge on any atom is 0.234 e. The van der Waals surface area contributed by atoms with Crippen molar-refractivity contribution in [2.75, 3.05) is 29.0 Å². The van der Waals surface area contributed by atoms with Crippen LogP contribution in [0.15, 0.2) is 48.5 Å². The molecule has 4 heteroatoms. The van der Waals surface area contributed by atoms with Gasteiger partial charge in [-0.2, -0.15) is 0 Å². The fourth-order valence-corrected chi connectivity index (χ4v) is 3.23. The lowest BCUT2D eigenvalue weighted by atomic mass is 9.83. The normalized spacial score (nSPS) is 15.0. The third-order valence-electron chi connectivity index (χ3n) is 5.05. The Morgan fingerprint density at radius 1 is 0.960 bits per heavy atom. The molecule has 2 aromatic carbocycles. The van der Waals surface area contributed by atoms with E-state index in [2.05, 4.69) is 22.3 Å². The van der Waals surface area contributed by atoms with Crippen LogP contribution < -0.4 is 16.0 Å². The van der Waals surface area contributed by atoms with Crippen LogP contribution in [0.1, 0.15) is 38.7 Å². The predicted octanol–water partition coefficient (Wildman–Crippen LogP) is 4.18. The minimum Gasteiger partial charge on any atom is -0.399 e. The second-order valence-electron chi connectivity index (χ2n) is 7.30. The second kappa shape index (κ2) is 7.18. The summed E-state index contributed by atoms with van der Waals surface area (Å²) in [6.07, 6.45) is 3.84. The zero-order chi connectivity index (χ0) is 17.9. The van der Waals surface area contributed by atoms with Gasteiger partial charge in [0.25, 0.3) is 0 Å². The first kappa shape index (κ1) is 17.3. The quantitative estimate of drug-likeness (QED) is 0.823. The maximum absolute atomic E-state index is 12.8. The van der Waals surface area contributed by atoms with Crippen LogP contribution >= 0.6 is 0 Å². The van der Waals surface area contributed by atoms with Gasteiger partial charge in [0.15, 0.2) is 0 Å². The van der Waals surface area contributed by atoms with Crippen molar-refractivity contribution in [1.29, 1.82) is 0 Å². The van der Waals surface area contributed by atoms with Crippen molar-refractivity contribution >= 4 is 23.0 Å². The number of hydrogen-bond donors (Lipinski definition) is 2. The molecular formula is C21H27N3O. The molecule has 1 saturated heterocycles. The number of anilines is 3. The van der Waals surface area contributed by atoms with Gasteiger partial charge in [0.05, 0.1) is 5.41 Å². The minimum atomic E-state index is -0.626. The summed E-state index contributed by atoms with van der Waals surface area (Å²) in [6, 6.07) is 15.6. The highest BCUT2D eigenvalue weighted by molar-refractivity contribution is 5.98. The Bertz CT molecular complexity index is 714. The predicted molar refractivity (Wildman–Crippen MR) is 105 cm³/mol. The van der Waals surface area contributed by atoms with Crippen molar-refractivity contribution in [3.8, 4) is 0 Å². The van der Waals surface area contributed by atoms with Crippen LogP contribution in [0.25, 0.3) is 0 Å². The first-order valence-corrected chi connectivity index (χ1v) is 8.99. The van der Waals surface area contributed by atoms with E-state index < -0.39 is 5.41 Å². The Morgan fingerprint density at radius 2 is 1.56 bits per heavy atom. The molecule has 3 rings (SSSR count). The van der Waals surface area contributed by atoms with Crippen molar-refractivity contribution in [3.63, 3.8) is 0 Å². The molecule has 25 heavy (non-hydrogen) atoms. The molecule has 0 unspecified atom stereocenters. The van der Waals surface area contributed by atoms with Crippen LogP contribution in [0.4, 0.5) is 17.1 Å². The van der Waals surface area contributed by atoms with Gasteiger partial charge >= 0.3 is 0 Å². The van der Waals surface area contributed by atoms with E-state index in [4.69, 9.17) is 5.73 Å². The number of rotatable bonds is 4. The number of benzene rings is 2. The number of nitrogen functional groups attached to an aromatic ring is 1.